The molecular weight excluding hydrogens is 214 g/mol. The van der Waals surface area contributed by atoms with Gasteiger partial charge < -0.3 is 16.2 Å². The molecule has 7 heteroatoms. The van der Waals surface area contributed by atoms with Gasteiger partial charge in [-0.15, -0.1) is 0 Å². The number of hydrogen-bond acceptors (Lipinski definition) is 6. The normalized spacial score (nSPS) is 20.4. The van der Waals surface area contributed by atoms with Gasteiger partial charge >= 0.3 is 5.97 Å². The predicted octanol–water partition coefficient (Wildman–Crippen LogP) is -0.346. The molecule has 1 atom stereocenters. The van der Waals surface area contributed by atoms with Crippen LogP contribution in [0.25, 0.3) is 0 Å². The van der Waals surface area contributed by atoms with Gasteiger partial charge in [0.25, 0.3) is 5.70 Å². The topological polar surface area (TPSA) is 121 Å². The lowest BCUT2D eigenvalue weighted by atomic mass is 9.96. The molecule has 0 fully saturated rings. The number of nitrogens with zero attached hydrogens (tertiary/aromatic N) is 1. The van der Waals surface area contributed by atoms with Crippen LogP contribution in [-0.4, -0.2) is 23.5 Å². The summed E-state index contributed by atoms with van der Waals surface area (Å²) in [5.74, 6) is -0.637. The Morgan fingerprint density at radius 2 is 2.38 bits per heavy atom. The van der Waals surface area contributed by atoms with E-state index >= 15 is 0 Å². The van der Waals surface area contributed by atoms with Crippen LogP contribution in [-0.2, 0) is 9.53 Å². The molecular formula is C9H13N3O4. The summed E-state index contributed by atoms with van der Waals surface area (Å²) in [6.07, 6.45) is 1.17. The molecule has 0 bridgehead atoms. The maximum Gasteiger partial charge on any atom is 0.335 e. The Balaban J connectivity index is 3.04. The van der Waals surface area contributed by atoms with Gasteiger partial charge in [-0.2, -0.15) is 0 Å². The van der Waals surface area contributed by atoms with Crippen LogP contribution in [0, 0.1) is 10.1 Å². The maximum atomic E-state index is 11.4. The summed E-state index contributed by atoms with van der Waals surface area (Å²) >= 11 is 0. The average molecular weight is 227 g/mol. The fourth-order valence-electron chi connectivity index (χ4n) is 1.39. The number of esters is 1. The van der Waals surface area contributed by atoms with E-state index in [2.05, 4.69) is 0 Å². The molecule has 88 valence electrons. The van der Waals surface area contributed by atoms with Gasteiger partial charge in [0.2, 0.25) is 0 Å². The van der Waals surface area contributed by atoms with E-state index in [1.54, 1.807) is 6.92 Å². The molecule has 1 aliphatic carbocycles. The van der Waals surface area contributed by atoms with Crippen molar-refractivity contribution in [3.63, 3.8) is 0 Å². The van der Waals surface area contributed by atoms with E-state index in [1.165, 1.54) is 0 Å². The Kier molecular flexibility index (Phi) is 3.62. The van der Waals surface area contributed by atoms with Gasteiger partial charge in [-0.05, 0) is 6.92 Å². The van der Waals surface area contributed by atoms with E-state index < -0.39 is 16.9 Å². The molecule has 0 radical (unpaired) electrons. The van der Waals surface area contributed by atoms with E-state index in [-0.39, 0.29) is 30.0 Å². The summed E-state index contributed by atoms with van der Waals surface area (Å²) < 4.78 is 4.74. The number of nitro groups is 1. The van der Waals surface area contributed by atoms with Crippen LogP contribution in [0.15, 0.2) is 23.0 Å². The second-order valence-corrected chi connectivity index (χ2v) is 3.30. The van der Waals surface area contributed by atoms with Crippen LogP contribution in [0.2, 0.25) is 0 Å². The quantitative estimate of drug-likeness (QED) is 0.386. The minimum absolute atomic E-state index is 0.0746. The highest BCUT2D eigenvalue weighted by Gasteiger charge is 2.29. The molecule has 0 aromatic carbocycles. The minimum atomic E-state index is -0.650. The monoisotopic (exact) mass is 227 g/mol. The molecule has 0 aromatic rings. The summed E-state index contributed by atoms with van der Waals surface area (Å²) in [6, 6.07) is -0.650. The Morgan fingerprint density at radius 3 is 2.88 bits per heavy atom. The summed E-state index contributed by atoms with van der Waals surface area (Å²) in [7, 11) is 0. The zero-order chi connectivity index (χ0) is 12.3. The van der Waals surface area contributed by atoms with Gasteiger partial charge in [0.15, 0.2) is 0 Å². The fraction of sp³-hybridized carbons (Fsp3) is 0.444. The number of ether oxygens (including phenoxy) is 1. The third-order valence-electron chi connectivity index (χ3n) is 2.17. The molecule has 7 nitrogen and oxygen atoms in total. The van der Waals surface area contributed by atoms with Crippen molar-refractivity contribution in [2.45, 2.75) is 19.4 Å². The lowest BCUT2D eigenvalue weighted by molar-refractivity contribution is -0.420. The van der Waals surface area contributed by atoms with Gasteiger partial charge in [-0.3, -0.25) is 10.1 Å². The molecule has 16 heavy (non-hydrogen) atoms. The van der Waals surface area contributed by atoms with Crippen molar-refractivity contribution in [3.8, 4) is 0 Å². The van der Waals surface area contributed by atoms with E-state index in [0.29, 0.717) is 0 Å². The van der Waals surface area contributed by atoms with Gasteiger partial charge in [-0.25, -0.2) is 4.79 Å². The minimum Gasteiger partial charge on any atom is -0.463 e. The number of hydrogen-bond donors (Lipinski definition) is 2. The highest BCUT2D eigenvalue weighted by molar-refractivity contribution is 5.90. The van der Waals surface area contributed by atoms with Crippen LogP contribution in [0.4, 0.5) is 0 Å². The lowest BCUT2D eigenvalue weighted by Crippen LogP contribution is -2.34. The Hall–Kier alpha value is -1.89. The molecule has 4 N–H and O–H groups in total. The predicted molar refractivity (Wildman–Crippen MR) is 55.5 cm³/mol. The first-order valence-corrected chi connectivity index (χ1v) is 4.74. The lowest BCUT2D eigenvalue weighted by Gasteiger charge is -2.18. The molecule has 0 spiro atoms. The molecule has 0 aliphatic heterocycles. The molecule has 0 amide bonds. The number of carbonyl (C=O) groups is 1. The van der Waals surface area contributed by atoms with E-state index in [0.717, 1.165) is 6.08 Å². The van der Waals surface area contributed by atoms with Crippen molar-refractivity contribution in [2.24, 2.45) is 11.5 Å². The summed E-state index contributed by atoms with van der Waals surface area (Å²) in [5.41, 5.74) is 11.0. The van der Waals surface area contributed by atoms with Crippen LogP contribution in [0.5, 0.6) is 0 Å². The van der Waals surface area contributed by atoms with Crippen LogP contribution in [0.1, 0.15) is 13.3 Å². The molecule has 0 saturated heterocycles. The number of allylic oxidation sites excluding steroid dienone is 1. The summed E-state index contributed by atoms with van der Waals surface area (Å²) in [4.78, 5) is 21.4. The molecule has 0 saturated carbocycles. The smallest absolute Gasteiger partial charge is 0.335 e. The number of rotatable bonds is 3. The molecule has 1 aliphatic rings. The third kappa shape index (κ3) is 2.37. The van der Waals surface area contributed by atoms with Crippen molar-refractivity contribution in [2.75, 3.05) is 6.61 Å². The highest BCUT2D eigenvalue weighted by Crippen LogP contribution is 2.21. The van der Waals surface area contributed by atoms with E-state index in [9.17, 15) is 14.9 Å². The van der Waals surface area contributed by atoms with Crippen LogP contribution in [0.3, 0.4) is 0 Å². The average Bonchev–Trinajstić information content (AvgIpc) is 2.17. The van der Waals surface area contributed by atoms with Gasteiger partial charge in [0, 0.05) is 18.5 Å². The van der Waals surface area contributed by atoms with E-state index in [4.69, 9.17) is 16.2 Å². The van der Waals surface area contributed by atoms with Crippen molar-refractivity contribution in [1.82, 2.24) is 0 Å². The van der Waals surface area contributed by atoms with Gasteiger partial charge in [-0.1, -0.05) is 0 Å². The summed E-state index contributed by atoms with van der Waals surface area (Å²) in [5, 5.41) is 10.6. The third-order valence-corrected chi connectivity index (χ3v) is 2.17. The largest absolute Gasteiger partial charge is 0.463 e. The summed E-state index contributed by atoms with van der Waals surface area (Å²) in [6.45, 7) is 1.83. The Labute approximate surface area is 91.9 Å². The second-order valence-electron chi connectivity index (χ2n) is 3.30. The SMILES string of the molecule is CCOC(=O)C1=CC([N+](=O)[O-])=C(N)CC1N. The second kappa shape index (κ2) is 4.75. The first kappa shape index (κ1) is 12.2. The molecule has 0 aromatic heterocycles. The zero-order valence-corrected chi connectivity index (χ0v) is 8.80. The molecule has 0 heterocycles. The van der Waals surface area contributed by atoms with Gasteiger partial charge in [0.1, 0.15) is 0 Å². The number of carbonyl (C=O) groups excluding carboxylic acids is 1. The van der Waals surface area contributed by atoms with Crippen molar-refractivity contribution >= 4 is 5.97 Å². The maximum absolute atomic E-state index is 11.4. The first-order valence-electron chi connectivity index (χ1n) is 4.74. The van der Waals surface area contributed by atoms with Crippen LogP contribution < -0.4 is 11.5 Å². The Morgan fingerprint density at radius 1 is 1.75 bits per heavy atom. The molecule has 1 unspecified atom stereocenters. The first-order chi connectivity index (χ1) is 7.47. The number of nitrogens with two attached hydrogens (primary N) is 2. The standard InChI is InChI=1S/C9H13N3O4/c1-2-16-9(13)5-3-8(12(14)15)7(11)4-6(5)10/h3,6H,2,4,10-11H2,1H3. The van der Waals surface area contributed by atoms with Crippen LogP contribution >= 0.6 is 0 Å². The van der Waals surface area contributed by atoms with E-state index in [1.807, 2.05) is 0 Å². The molecule has 1 rings (SSSR count). The zero-order valence-electron chi connectivity index (χ0n) is 8.80. The van der Waals surface area contributed by atoms with Crippen molar-refractivity contribution in [3.05, 3.63) is 33.2 Å². The van der Waals surface area contributed by atoms with Crippen molar-refractivity contribution in [1.29, 1.82) is 0 Å². The Bertz CT molecular complexity index is 386. The van der Waals surface area contributed by atoms with Crippen molar-refractivity contribution < 1.29 is 14.5 Å². The van der Waals surface area contributed by atoms with Gasteiger partial charge in [0.05, 0.1) is 22.8 Å². The fourth-order valence-corrected chi connectivity index (χ4v) is 1.39. The highest BCUT2D eigenvalue weighted by atomic mass is 16.6.